The molecule has 0 aliphatic carbocycles. The number of nitrogens with zero attached hydrogens (tertiary/aromatic N) is 2. The molecule has 2 N–H and O–H groups in total. The molecule has 148 valence electrons. The highest BCUT2D eigenvalue weighted by atomic mass is 35.5. The van der Waals surface area contributed by atoms with Gasteiger partial charge in [-0.05, 0) is 58.8 Å². The van der Waals surface area contributed by atoms with E-state index in [-0.39, 0.29) is 45.2 Å². The Morgan fingerprint density at radius 1 is 1.63 bits per heavy atom. The molecule has 0 bridgehead atoms. The van der Waals surface area contributed by atoms with Gasteiger partial charge in [0.05, 0.1) is 12.5 Å². The Kier molecular flexibility index (Phi) is 3.86. The van der Waals surface area contributed by atoms with E-state index < -0.39 is 48.2 Å². The number of pyridine rings is 1. The zero-order chi connectivity index (χ0) is 26.5. The summed E-state index contributed by atoms with van der Waals surface area (Å²) in [5.41, 5.74) is -1.79. The molecular weight excluding hydrogens is 386 g/mol. The van der Waals surface area contributed by atoms with E-state index in [9.17, 15) is 9.59 Å². The topological polar surface area (TPSA) is 74.6 Å². The average molecular weight is 420 g/mol. The second kappa shape index (κ2) is 8.63. The highest BCUT2D eigenvalue weighted by molar-refractivity contribution is 7.22. The van der Waals surface area contributed by atoms with E-state index in [4.69, 9.17) is 22.7 Å². The van der Waals surface area contributed by atoms with Crippen LogP contribution in [0.15, 0.2) is 10.8 Å². The van der Waals surface area contributed by atoms with E-state index in [0.29, 0.717) is 13.1 Å². The summed E-state index contributed by atoms with van der Waals surface area (Å²) in [6.45, 7) is 0.860. The standard InChI is InChI=1S/C19H26ClN3O3S/c1-12(2)23-18(26)15(16(24)13-11-14(20)27-19(13)23)17(25)21-7-6-10-22-8-4-3-5-9-22/h11-12,24H,3-10H2,1-2H3,(H,21,25)/i3D2,7D,10D,11D,12D/hD2. The van der Waals surface area contributed by atoms with Crippen molar-refractivity contribution in [2.24, 2.45) is 0 Å². The van der Waals surface area contributed by atoms with Gasteiger partial charge in [0.1, 0.15) is 16.1 Å². The number of rotatable bonds is 7. The highest BCUT2D eigenvalue weighted by Gasteiger charge is 2.24. The fraction of sp³-hybridized carbons (Fsp3) is 0.579. The summed E-state index contributed by atoms with van der Waals surface area (Å²) in [5.74, 6) is -1.84. The molecule has 2 atom stereocenters. The summed E-state index contributed by atoms with van der Waals surface area (Å²) in [7, 11) is 0. The van der Waals surface area contributed by atoms with Crippen LogP contribution in [0.1, 0.15) is 64.1 Å². The van der Waals surface area contributed by atoms with Gasteiger partial charge in [-0.2, -0.15) is 0 Å². The first-order valence-corrected chi connectivity index (χ1v) is 9.72. The first-order chi connectivity index (χ1) is 16.1. The maximum Gasteiger partial charge on any atom is 0.293 e. The van der Waals surface area contributed by atoms with Crippen molar-refractivity contribution in [2.75, 3.05) is 26.1 Å². The van der Waals surface area contributed by atoms with Crippen molar-refractivity contribution in [3.8, 4) is 5.75 Å². The molecule has 1 aliphatic rings. The molecule has 2 unspecified atom stereocenters. The number of carbonyl (C=O) groups excluding carboxylic acids is 1. The number of carbonyl (C=O) groups is 1. The molecule has 3 heterocycles. The van der Waals surface area contributed by atoms with Gasteiger partial charge >= 0.3 is 0 Å². The average Bonchev–Trinajstić information content (AvgIpc) is 3.04. The van der Waals surface area contributed by atoms with Crippen LogP contribution in [0.2, 0.25) is 5.75 Å². The second-order valence-corrected chi connectivity index (χ2v) is 7.90. The van der Waals surface area contributed by atoms with Crippen molar-refractivity contribution in [3.05, 3.63) is 26.3 Å². The summed E-state index contributed by atoms with van der Waals surface area (Å²) in [5, 5.41) is 4.68. The SMILES string of the molecule is [2H]Oc1c(C(=O)N([2H])C([2H])CC([2H])N2CCC([2H])([2H])CC2)c(=O)n(C([2H])(C)C)c2sc(Cl)c([2H])c12. The van der Waals surface area contributed by atoms with E-state index >= 15 is 0 Å². The van der Waals surface area contributed by atoms with Crippen molar-refractivity contribution in [2.45, 2.75) is 45.5 Å². The van der Waals surface area contributed by atoms with E-state index in [2.05, 4.69) is 5.11 Å². The van der Waals surface area contributed by atoms with E-state index in [1.807, 2.05) is 0 Å². The normalized spacial score (nSPS) is 24.3. The minimum atomic E-state index is -1.59. The summed E-state index contributed by atoms with van der Waals surface area (Å²) in [4.78, 5) is 28.3. The Hall–Kier alpha value is -1.57. The zero-order valence-corrected chi connectivity index (χ0v) is 16.6. The van der Waals surface area contributed by atoms with Crippen LogP contribution in [0.5, 0.6) is 5.75 Å². The lowest BCUT2D eigenvalue weighted by atomic mass is 10.1. The van der Waals surface area contributed by atoms with Crippen molar-refractivity contribution in [1.29, 1.82) is 1.43 Å². The lowest BCUT2D eigenvalue weighted by molar-refractivity contribution is 0.0946. The molecule has 0 radical (unpaired) electrons. The van der Waals surface area contributed by atoms with E-state index in [1.54, 1.807) is 4.90 Å². The lowest BCUT2D eigenvalue weighted by Crippen LogP contribution is -2.36. The number of nitrogens with one attached hydrogen (secondary N) is 1. The Bertz CT molecular complexity index is 1180. The minimum Gasteiger partial charge on any atom is -0.506 e. The molecule has 27 heavy (non-hydrogen) atoms. The molecule has 2 aromatic rings. The lowest BCUT2D eigenvalue weighted by Gasteiger charge is -2.26. The Morgan fingerprint density at radius 3 is 3.04 bits per heavy atom. The zero-order valence-electron chi connectivity index (χ0n) is 23.0. The van der Waals surface area contributed by atoms with Gasteiger partial charge < -0.3 is 15.3 Å². The van der Waals surface area contributed by atoms with Crippen molar-refractivity contribution >= 4 is 39.1 Å². The second-order valence-electron chi connectivity index (χ2n) is 6.29. The van der Waals surface area contributed by atoms with Crippen molar-refractivity contribution in [1.82, 2.24) is 14.8 Å². The minimum absolute atomic E-state index is 0.0376. The van der Waals surface area contributed by atoms with E-state index in [1.165, 1.54) is 13.8 Å². The Labute approximate surface area is 179 Å². The van der Waals surface area contributed by atoms with Crippen LogP contribution < -0.4 is 10.9 Å². The maximum absolute atomic E-state index is 13.3. The predicted molar refractivity (Wildman–Crippen MR) is 110 cm³/mol. The molecule has 3 rings (SSSR count). The van der Waals surface area contributed by atoms with Gasteiger partial charge in [-0.15, -0.1) is 11.3 Å². The molecule has 1 fully saturated rings. The van der Waals surface area contributed by atoms with Crippen molar-refractivity contribution in [3.63, 3.8) is 0 Å². The van der Waals surface area contributed by atoms with Crippen LogP contribution in [0.4, 0.5) is 0 Å². The molecule has 6 nitrogen and oxygen atoms in total. The molecular formula is C19H26ClN3O3S. The first kappa shape index (κ1) is 12.1. The third-order valence-corrected chi connectivity index (χ3v) is 5.38. The number of piperidine rings is 1. The molecule has 1 saturated heterocycles. The number of fused-ring (bicyclic) bond motifs is 1. The smallest absolute Gasteiger partial charge is 0.293 e. The summed E-state index contributed by atoms with van der Waals surface area (Å²) >= 11 is 6.90. The molecule has 8 heteroatoms. The number of likely N-dealkylation sites (tertiary alicyclic amines) is 1. The molecule has 2 aromatic heterocycles. The van der Waals surface area contributed by atoms with Crippen LogP contribution >= 0.6 is 22.9 Å². The molecule has 0 spiro atoms. The monoisotopic (exact) mass is 419 g/mol. The van der Waals surface area contributed by atoms with Crippen LogP contribution in [0.25, 0.3) is 10.2 Å². The number of hydrogen-bond acceptors (Lipinski definition) is 5. The summed E-state index contributed by atoms with van der Waals surface area (Å²) in [6, 6.07) is -1.89. The van der Waals surface area contributed by atoms with Crippen LogP contribution in [0, 0.1) is 0 Å². The van der Waals surface area contributed by atoms with E-state index in [0.717, 1.165) is 15.9 Å². The summed E-state index contributed by atoms with van der Waals surface area (Å²) < 4.78 is 65.3. The first-order valence-electron chi connectivity index (χ1n) is 12.5. The maximum atomic E-state index is 13.3. The highest BCUT2D eigenvalue weighted by Crippen LogP contribution is 2.36. The number of aromatic nitrogens is 1. The fourth-order valence-electron chi connectivity index (χ4n) is 2.91. The number of halogens is 1. The summed E-state index contributed by atoms with van der Waals surface area (Å²) in [6.07, 6.45) is -1.10. The van der Waals surface area contributed by atoms with Crippen molar-refractivity contribution < 1.29 is 19.5 Å². The third-order valence-electron chi connectivity index (χ3n) is 4.19. The van der Waals surface area contributed by atoms with Crippen LogP contribution in [0.3, 0.4) is 0 Å². The van der Waals surface area contributed by atoms with Gasteiger partial charge in [0.25, 0.3) is 12.9 Å². The molecule has 1 aliphatic heterocycles. The van der Waals surface area contributed by atoms with Gasteiger partial charge in [0.15, 0.2) is 1.41 Å². The predicted octanol–water partition coefficient (Wildman–Crippen LogP) is 3.61. The molecule has 0 aromatic carbocycles. The van der Waals surface area contributed by atoms with Crippen LogP contribution in [-0.4, -0.2) is 48.0 Å². The van der Waals surface area contributed by atoms with Gasteiger partial charge in [-0.3, -0.25) is 14.2 Å². The van der Waals surface area contributed by atoms with Gasteiger partial charge in [0, 0.05) is 18.0 Å². The Morgan fingerprint density at radius 2 is 2.37 bits per heavy atom. The Balaban J connectivity index is 1.97. The van der Waals surface area contributed by atoms with Crippen LogP contribution in [-0.2, 0) is 0 Å². The number of aromatic hydroxyl groups is 1. The quantitative estimate of drug-likeness (QED) is 0.718. The van der Waals surface area contributed by atoms with Gasteiger partial charge in [-0.25, -0.2) is 0 Å². The largest absolute Gasteiger partial charge is 0.506 e. The van der Waals surface area contributed by atoms with Gasteiger partial charge in [0.2, 0.25) is 0 Å². The number of hydrogen-bond donors (Lipinski definition) is 2. The third kappa shape index (κ3) is 4.31. The fourth-order valence-corrected chi connectivity index (χ4v) is 4.15. The number of amides is 1. The number of thiophene rings is 1. The van der Waals surface area contributed by atoms with Gasteiger partial charge in [-0.1, -0.05) is 18.0 Å². The molecule has 0 saturated carbocycles. The molecule has 1 amide bonds.